The highest BCUT2D eigenvalue weighted by atomic mass is 15.4. The average Bonchev–Trinajstić information content (AvgIpc) is 3.17. The molecule has 0 radical (unpaired) electrons. The van der Waals surface area contributed by atoms with Crippen LogP contribution in [0.2, 0.25) is 0 Å². The van der Waals surface area contributed by atoms with Gasteiger partial charge in [-0.25, -0.2) is 9.66 Å². The van der Waals surface area contributed by atoms with E-state index in [1.54, 1.807) is 4.68 Å². The molecule has 1 heterocycles. The Morgan fingerprint density at radius 3 is 2.74 bits per heavy atom. The Morgan fingerprint density at radius 1 is 1.09 bits per heavy atom. The van der Waals surface area contributed by atoms with Gasteiger partial charge in [0.1, 0.15) is 0 Å². The second-order valence-corrected chi connectivity index (χ2v) is 5.80. The van der Waals surface area contributed by atoms with E-state index in [9.17, 15) is 0 Å². The van der Waals surface area contributed by atoms with Crippen LogP contribution in [0, 0.1) is 0 Å². The van der Waals surface area contributed by atoms with Crippen molar-refractivity contribution in [1.82, 2.24) is 9.66 Å². The lowest BCUT2D eigenvalue weighted by Crippen LogP contribution is -2.00. The van der Waals surface area contributed by atoms with Gasteiger partial charge in [-0.05, 0) is 24.0 Å². The van der Waals surface area contributed by atoms with Crippen LogP contribution in [0.5, 0.6) is 0 Å². The second-order valence-electron chi connectivity index (χ2n) is 5.80. The summed E-state index contributed by atoms with van der Waals surface area (Å²) in [6.07, 6.45) is 6.07. The molecule has 0 aliphatic heterocycles. The molecule has 1 atom stereocenters. The molecular formula is C19H18N4. The standard InChI is InChI=1S/C19H18N4/c20-19-22-18(15-7-2-1-3-8-15)13-23(19)21-12-16-11-10-14-6-4-5-9-17(14)16/h1-9,12-13,16H,10-11H2,(H2,20,22)/b21-12+. The molecule has 1 aliphatic rings. The number of anilines is 1. The monoisotopic (exact) mass is 302 g/mol. The summed E-state index contributed by atoms with van der Waals surface area (Å²) in [4.78, 5) is 4.40. The zero-order valence-corrected chi connectivity index (χ0v) is 12.8. The van der Waals surface area contributed by atoms with Crippen molar-refractivity contribution in [2.24, 2.45) is 5.10 Å². The topological polar surface area (TPSA) is 56.2 Å². The van der Waals surface area contributed by atoms with Gasteiger partial charge in [0.2, 0.25) is 5.95 Å². The van der Waals surface area contributed by atoms with Crippen molar-refractivity contribution >= 4 is 12.2 Å². The molecule has 114 valence electrons. The smallest absolute Gasteiger partial charge is 0.221 e. The van der Waals surface area contributed by atoms with Crippen LogP contribution in [0.25, 0.3) is 11.3 Å². The maximum absolute atomic E-state index is 6.00. The summed E-state index contributed by atoms with van der Waals surface area (Å²) >= 11 is 0. The number of aryl methyl sites for hydroxylation is 1. The highest BCUT2D eigenvalue weighted by Crippen LogP contribution is 2.31. The molecule has 1 unspecified atom stereocenters. The van der Waals surface area contributed by atoms with E-state index in [0.29, 0.717) is 11.9 Å². The Hall–Kier alpha value is -2.88. The van der Waals surface area contributed by atoms with Gasteiger partial charge in [-0.15, -0.1) is 0 Å². The Balaban J connectivity index is 1.59. The van der Waals surface area contributed by atoms with Crippen molar-refractivity contribution in [3.8, 4) is 11.3 Å². The Bertz CT molecular complexity index is 849. The minimum absolute atomic E-state index is 0.355. The third-order valence-electron chi connectivity index (χ3n) is 4.33. The fraction of sp³-hybridized carbons (Fsp3) is 0.158. The SMILES string of the molecule is Nc1nc(-c2ccccc2)cn1/N=C/C1CCc2ccccc21. The molecule has 1 aromatic heterocycles. The summed E-state index contributed by atoms with van der Waals surface area (Å²) in [5.74, 6) is 0.763. The number of nitrogen functional groups attached to an aromatic ring is 1. The van der Waals surface area contributed by atoms with Crippen molar-refractivity contribution in [1.29, 1.82) is 0 Å². The van der Waals surface area contributed by atoms with Gasteiger partial charge in [-0.3, -0.25) is 0 Å². The molecule has 0 amide bonds. The third-order valence-corrected chi connectivity index (χ3v) is 4.33. The van der Waals surface area contributed by atoms with E-state index in [-0.39, 0.29) is 0 Å². The molecule has 1 aliphatic carbocycles. The first-order valence-electron chi connectivity index (χ1n) is 7.84. The molecule has 23 heavy (non-hydrogen) atoms. The molecule has 2 aromatic carbocycles. The zero-order chi connectivity index (χ0) is 15.6. The predicted molar refractivity (Wildman–Crippen MR) is 93.5 cm³/mol. The van der Waals surface area contributed by atoms with Crippen LogP contribution >= 0.6 is 0 Å². The van der Waals surface area contributed by atoms with Crippen molar-refractivity contribution in [2.45, 2.75) is 18.8 Å². The first-order chi connectivity index (χ1) is 11.3. The summed E-state index contributed by atoms with van der Waals surface area (Å²) in [6.45, 7) is 0. The van der Waals surface area contributed by atoms with Crippen molar-refractivity contribution in [3.63, 3.8) is 0 Å². The quantitative estimate of drug-likeness (QED) is 0.750. The molecule has 0 bridgehead atoms. The maximum atomic E-state index is 6.00. The van der Waals surface area contributed by atoms with Gasteiger partial charge in [0.05, 0.1) is 11.9 Å². The van der Waals surface area contributed by atoms with Crippen molar-refractivity contribution < 1.29 is 0 Å². The average molecular weight is 302 g/mol. The largest absolute Gasteiger partial charge is 0.368 e. The lowest BCUT2D eigenvalue weighted by atomic mass is 10.0. The number of benzene rings is 2. The maximum Gasteiger partial charge on any atom is 0.221 e. The first kappa shape index (κ1) is 13.8. The van der Waals surface area contributed by atoms with Crippen LogP contribution in [0.1, 0.15) is 23.5 Å². The molecule has 0 saturated carbocycles. The number of imidazole rings is 1. The molecular weight excluding hydrogens is 284 g/mol. The number of aromatic nitrogens is 2. The Kier molecular flexibility index (Phi) is 3.42. The van der Waals surface area contributed by atoms with E-state index in [4.69, 9.17) is 5.73 Å². The summed E-state index contributed by atoms with van der Waals surface area (Å²) in [6, 6.07) is 18.6. The van der Waals surface area contributed by atoms with Gasteiger partial charge >= 0.3 is 0 Å². The third kappa shape index (κ3) is 2.63. The van der Waals surface area contributed by atoms with Crippen LogP contribution in [-0.4, -0.2) is 15.9 Å². The van der Waals surface area contributed by atoms with Crippen LogP contribution < -0.4 is 5.73 Å². The van der Waals surface area contributed by atoms with E-state index < -0.39 is 0 Å². The van der Waals surface area contributed by atoms with Crippen LogP contribution in [0.15, 0.2) is 65.9 Å². The zero-order valence-electron chi connectivity index (χ0n) is 12.8. The van der Waals surface area contributed by atoms with Gasteiger partial charge in [-0.2, -0.15) is 5.10 Å². The van der Waals surface area contributed by atoms with E-state index in [1.807, 2.05) is 42.7 Å². The lowest BCUT2D eigenvalue weighted by Gasteiger charge is -2.04. The van der Waals surface area contributed by atoms with Crippen LogP contribution in [-0.2, 0) is 6.42 Å². The highest BCUT2D eigenvalue weighted by Gasteiger charge is 2.20. The van der Waals surface area contributed by atoms with Gasteiger partial charge in [0, 0.05) is 17.7 Å². The Labute approximate surface area is 135 Å². The summed E-state index contributed by atoms with van der Waals surface area (Å²) < 4.78 is 1.66. The minimum Gasteiger partial charge on any atom is -0.368 e. The molecule has 0 saturated heterocycles. The fourth-order valence-corrected chi connectivity index (χ4v) is 3.12. The number of rotatable bonds is 3. The number of nitrogens with two attached hydrogens (primary N) is 1. The number of fused-ring (bicyclic) bond motifs is 1. The highest BCUT2D eigenvalue weighted by molar-refractivity contribution is 5.70. The van der Waals surface area contributed by atoms with Crippen LogP contribution in [0.4, 0.5) is 5.95 Å². The van der Waals surface area contributed by atoms with Gasteiger partial charge in [0.25, 0.3) is 0 Å². The number of hydrogen-bond acceptors (Lipinski definition) is 3. The molecule has 4 nitrogen and oxygen atoms in total. The van der Waals surface area contributed by atoms with E-state index >= 15 is 0 Å². The molecule has 0 fully saturated rings. The fourth-order valence-electron chi connectivity index (χ4n) is 3.12. The van der Waals surface area contributed by atoms with Crippen LogP contribution in [0.3, 0.4) is 0 Å². The summed E-state index contributed by atoms with van der Waals surface area (Å²) in [5.41, 5.74) is 10.7. The predicted octanol–water partition coefficient (Wildman–Crippen LogP) is 3.70. The Morgan fingerprint density at radius 2 is 1.87 bits per heavy atom. The lowest BCUT2D eigenvalue weighted by molar-refractivity contribution is 0.830. The first-order valence-corrected chi connectivity index (χ1v) is 7.84. The number of nitrogens with zero attached hydrogens (tertiary/aromatic N) is 3. The van der Waals surface area contributed by atoms with Crippen molar-refractivity contribution in [2.75, 3.05) is 5.73 Å². The van der Waals surface area contributed by atoms with E-state index in [0.717, 1.165) is 24.1 Å². The van der Waals surface area contributed by atoms with Gasteiger partial charge < -0.3 is 5.73 Å². The normalized spacial score (nSPS) is 16.8. The summed E-state index contributed by atoms with van der Waals surface area (Å²) in [5, 5.41) is 4.54. The summed E-state index contributed by atoms with van der Waals surface area (Å²) in [7, 11) is 0. The van der Waals surface area contributed by atoms with Gasteiger partial charge in [-0.1, -0.05) is 54.6 Å². The van der Waals surface area contributed by atoms with E-state index in [1.165, 1.54) is 11.1 Å². The second kappa shape index (κ2) is 5.72. The molecule has 4 heteroatoms. The van der Waals surface area contributed by atoms with Crippen molar-refractivity contribution in [3.05, 3.63) is 71.9 Å². The molecule has 3 aromatic rings. The van der Waals surface area contributed by atoms with E-state index in [2.05, 4.69) is 34.4 Å². The van der Waals surface area contributed by atoms with Gasteiger partial charge in [0.15, 0.2) is 0 Å². The molecule has 0 spiro atoms. The molecule has 4 rings (SSSR count). The molecule has 2 N–H and O–H groups in total. The number of hydrogen-bond donors (Lipinski definition) is 1. The minimum atomic E-state index is 0.355.